The lowest BCUT2D eigenvalue weighted by molar-refractivity contribution is -0.256. The number of hydrogen-bond donors (Lipinski definition) is 0. The highest BCUT2D eigenvalue weighted by molar-refractivity contribution is 5.58. The predicted molar refractivity (Wildman–Crippen MR) is 104 cm³/mol. The summed E-state index contributed by atoms with van der Waals surface area (Å²) in [6.45, 7) is 1.88. The van der Waals surface area contributed by atoms with Crippen molar-refractivity contribution in [3.8, 4) is 17.1 Å². The van der Waals surface area contributed by atoms with E-state index in [0.29, 0.717) is 43.3 Å². The maximum Gasteiger partial charge on any atom is 0.395 e. The van der Waals surface area contributed by atoms with Crippen molar-refractivity contribution >= 4 is 0 Å². The van der Waals surface area contributed by atoms with Crippen LogP contribution in [-0.4, -0.2) is 47.3 Å². The maximum atomic E-state index is 13.8. The molecule has 1 aromatic heterocycles. The van der Waals surface area contributed by atoms with Gasteiger partial charge in [0.05, 0.1) is 30.1 Å². The van der Waals surface area contributed by atoms with Gasteiger partial charge < -0.3 is 9.64 Å². The lowest BCUT2D eigenvalue weighted by atomic mass is 9.67. The third-order valence-corrected chi connectivity index (χ3v) is 6.39. The molecule has 162 valence electrons. The van der Waals surface area contributed by atoms with Gasteiger partial charge in [0.15, 0.2) is 0 Å². The third-order valence-electron chi connectivity index (χ3n) is 6.39. The molecule has 1 saturated heterocycles. The number of hydrogen-bond acceptors (Lipinski definition) is 4. The van der Waals surface area contributed by atoms with Gasteiger partial charge in [0.25, 0.3) is 0 Å². The number of benzene rings is 1. The topological polar surface area (TPSA) is 38.2 Å². The van der Waals surface area contributed by atoms with Crippen molar-refractivity contribution in [2.45, 2.75) is 38.3 Å². The van der Waals surface area contributed by atoms with Crippen molar-refractivity contribution < 1.29 is 22.3 Å². The Morgan fingerprint density at radius 1 is 1.07 bits per heavy atom. The molecule has 2 aromatic rings. The summed E-state index contributed by atoms with van der Waals surface area (Å²) < 4.78 is 59.7. The van der Waals surface area contributed by atoms with Gasteiger partial charge in [-0.2, -0.15) is 13.2 Å². The number of alkyl halides is 3. The van der Waals surface area contributed by atoms with E-state index in [1.807, 2.05) is 4.90 Å². The normalized spacial score (nSPS) is 20.0. The lowest BCUT2D eigenvalue weighted by Gasteiger charge is -2.47. The molecular weight excluding hydrogens is 398 g/mol. The number of nitrogens with zero attached hydrogens (tertiary/aromatic N) is 3. The fourth-order valence-corrected chi connectivity index (χ4v) is 4.28. The SMILES string of the molecule is Fc1ccccc1-c1cnc(OCC2CCN(CC3(C(F)(F)F)CCC3)CC2)cn1. The molecule has 2 heterocycles. The zero-order valence-corrected chi connectivity index (χ0v) is 16.7. The number of halogens is 4. The van der Waals surface area contributed by atoms with Crippen LogP contribution >= 0.6 is 0 Å². The molecule has 1 saturated carbocycles. The zero-order chi connectivity index (χ0) is 21.2. The van der Waals surface area contributed by atoms with Crippen molar-refractivity contribution in [3.05, 3.63) is 42.5 Å². The Kier molecular flexibility index (Phi) is 5.95. The van der Waals surface area contributed by atoms with Crippen LogP contribution in [0.2, 0.25) is 0 Å². The monoisotopic (exact) mass is 423 g/mol. The van der Waals surface area contributed by atoms with E-state index in [0.717, 1.165) is 12.8 Å². The van der Waals surface area contributed by atoms with E-state index in [-0.39, 0.29) is 31.1 Å². The van der Waals surface area contributed by atoms with Gasteiger partial charge in [0.1, 0.15) is 5.82 Å². The Hall–Kier alpha value is -2.22. The van der Waals surface area contributed by atoms with Gasteiger partial charge in [0.2, 0.25) is 5.88 Å². The molecule has 0 bridgehead atoms. The molecule has 0 unspecified atom stereocenters. The molecule has 1 aliphatic heterocycles. The van der Waals surface area contributed by atoms with E-state index in [1.54, 1.807) is 18.2 Å². The zero-order valence-electron chi connectivity index (χ0n) is 16.7. The highest BCUT2D eigenvalue weighted by Gasteiger charge is 2.58. The molecule has 0 N–H and O–H groups in total. The van der Waals surface area contributed by atoms with Gasteiger partial charge in [-0.1, -0.05) is 18.6 Å². The minimum absolute atomic E-state index is 0.118. The van der Waals surface area contributed by atoms with E-state index >= 15 is 0 Å². The number of piperidine rings is 1. The smallest absolute Gasteiger partial charge is 0.395 e. The Labute approximate surface area is 173 Å². The summed E-state index contributed by atoms with van der Waals surface area (Å²) in [4.78, 5) is 10.4. The number of aromatic nitrogens is 2. The first kappa shape index (κ1) is 21.0. The maximum absolute atomic E-state index is 13.8. The summed E-state index contributed by atoms with van der Waals surface area (Å²) in [6.07, 6.45) is 1.61. The minimum Gasteiger partial charge on any atom is -0.476 e. The van der Waals surface area contributed by atoms with Gasteiger partial charge in [0, 0.05) is 12.1 Å². The molecule has 1 aromatic carbocycles. The molecule has 2 fully saturated rings. The quantitative estimate of drug-likeness (QED) is 0.606. The van der Waals surface area contributed by atoms with Gasteiger partial charge in [-0.15, -0.1) is 0 Å². The summed E-state index contributed by atoms with van der Waals surface area (Å²) in [5, 5.41) is 0. The fourth-order valence-electron chi connectivity index (χ4n) is 4.28. The van der Waals surface area contributed by atoms with Crippen LogP contribution in [0.25, 0.3) is 11.3 Å². The van der Waals surface area contributed by atoms with Crippen molar-refractivity contribution in [2.75, 3.05) is 26.2 Å². The van der Waals surface area contributed by atoms with Crippen LogP contribution in [-0.2, 0) is 0 Å². The average Bonchev–Trinajstić information content (AvgIpc) is 2.70. The standard InChI is InChI=1S/C22H25F4N3O/c23-18-5-2-1-4-17(18)19-12-28-20(13-27-19)30-14-16-6-10-29(11-7-16)15-21(8-3-9-21)22(24,25)26/h1-2,4-5,12-13,16H,3,6-11,14-15H2. The third kappa shape index (κ3) is 4.43. The summed E-state index contributed by atoms with van der Waals surface area (Å²) in [5.41, 5.74) is -0.679. The first-order valence-corrected chi connectivity index (χ1v) is 10.4. The Bertz CT molecular complexity index is 844. The van der Waals surface area contributed by atoms with E-state index in [1.165, 1.54) is 18.5 Å². The summed E-state index contributed by atoms with van der Waals surface area (Å²) >= 11 is 0. The van der Waals surface area contributed by atoms with Gasteiger partial charge >= 0.3 is 6.18 Å². The van der Waals surface area contributed by atoms with Crippen LogP contribution < -0.4 is 4.74 Å². The second kappa shape index (κ2) is 8.49. The first-order chi connectivity index (χ1) is 14.4. The van der Waals surface area contributed by atoms with Crippen LogP contribution in [0.1, 0.15) is 32.1 Å². The molecule has 8 heteroatoms. The average molecular weight is 423 g/mol. The highest BCUT2D eigenvalue weighted by Crippen LogP contribution is 2.53. The van der Waals surface area contributed by atoms with E-state index < -0.39 is 11.6 Å². The lowest BCUT2D eigenvalue weighted by Crippen LogP contribution is -2.53. The molecule has 0 atom stereocenters. The summed E-state index contributed by atoms with van der Waals surface area (Å²) in [5.74, 6) is 0.280. The first-order valence-electron chi connectivity index (χ1n) is 10.4. The van der Waals surface area contributed by atoms with Gasteiger partial charge in [-0.25, -0.2) is 14.4 Å². The Balaban J connectivity index is 1.25. The molecule has 0 spiro atoms. The molecular formula is C22H25F4N3O. The van der Waals surface area contributed by atoms with Crippen LogP contribution in [0, 0.1) is 17.2 Å². The highest BCUT2D eigenvalue weighted by atomic mass is 19.4. The second-order valence-corrected chi connectivity index (χ2v) is 8.38. The van der Waals surface area contributed by atoms with Crippen LogP contribution in [0.5, 0.6) is 5.88 Å². The summed E-state index contributed by atoms with van der Waals surface area (Å²) in [7, 11) is 0. The number of likely N-dealkylation sites (tertiary alicyclic amines) is 1. The second-order valence-electron chi connectivity index (χ2n) is 8.38. The van der Waals surface area contributed by atoms with Crippen molar-refractivity contribution in [2.24, 2.45) is 11.3 Å². The van der Waals surface area contributed by atoms with Crippen LogP contribution in [0.4, 0.5) is 17.6 Å². The van der Waals surface area contributed by atoms with Crippen molar-refractivity contribution in [1.29, 1.82) is 0 Å². The minimum atomic E-state index is -4.11. The molecule has 4 rings (SSSR count). The van der Waals surface area contributed by atoms with E-state index in [2.05, 4.69) is 9.97 Å². The van der Waals surface area contributed by atoms with E-state index in [9.17, 15) is 17.6 Å². The van der Waals surface area contributed by atoms with E-state index in [4.69, 9.17) is 4.74 Å². The van der Waals surface area contributed by atoms with Gasteiger partial charge in [-0.3, -0.25) is 0 Å². The summed E-state index contributed by atoms with van der Waals surface area (Å²) in [6, 6.07) is 6.36. The van der Waals surface area contributed by atoms with Crippen molar-refractivity contribution in [3.63, 3.8) is 0 Å². The van der Waals surface area contributed by atoms with Crippen molar-refractivity contribution in [1.82, 2.24) is 14.9 Å². The fraction of sp³-hybridized carbons (Fsp3) is 0.545. The molecule has 30 heavy (non-hydrogen) atoms. The number of ether oxygens (including phenoxy) is 1. The van der Waals surface area contributed by atoms with Crippen LogP contribution in [0.3, 0.4) is 0 Å². The molecule has 4 nitrogen and oxygen atoms in total. The Morgan fingerprint density at radius 3 is 2.37 bits per heavy atom. The largest absolute Gasteiger partial charge is 0.476 e. The molecule has 2 aliphatic rings. The molecule has 0 amide bonds. The van der Waals surface area contributed by atoms with Crippen LogP contribution in [0.15, 0.2) is 36.7 Å². The molecule has 0 radical (unpaired) electrons. The molecule has 1 aliphatic carbocycles. The predicted octanol–water partition coefficient (Wildman–Crippen LogP) is 5.11. The Morgan fingerprint density at radius 2 is 1.80 bits per heavy atom. The van der Waals surface area contributed by atoms with Gasteiger partial charge in [-0.05, 0) is 56.8 Å². The number of rotatable bonds is 6.